The molecule has 2 aromatic rings. The van der Waals surface area contributed by atoms with E-state index < -0.39 is 18.0 Å². The highest BCUT2D eigenvalue weighted by atomic mass is 19.4. The summed E-state index contributed by atoms with van der Waals surface area (Å²) in [4.78, 5) is 14.8. The lowest BCUT2D eigenvalue weighted by atomic mass is 10.1. The van der Waals surface area contributed by atoms with Crippen LogP contribution in [0, 0.1) is 5.92 Å². The summed E-state index contributed by atoms with van der Waals surface area (Å²) in [5, 5.41) is 9.12. The molecule has 1 saturated carbocycles. The van der Waals surface area contributed by atoms with Crippen molar-refractivity contribution >= 4 is 17.0 Å². The maximum Gasteiger partial charge on any atom is 0.449 e. The molecule has 21 heavy (non-hydrogen) atoms. The van der Waals surface area contributed by atoms with Crippen molar-refractivity contribution in [2.24, 2.45) is 5.92 Å². The minimum atomic E-state index is -4.61. The number of rotatable bonds is 3. The van der Waals surface area contributed by atoms with Gasteiger partial charge in [-0.1, -0.05) is 6.07 Å². The summed E-state index contributed by atoms with van der Waals surface area (Å²) in [5.74, 6) is -2.11. The fraction of sp³-hybridized carbons (Fsp3) is 0.429. The first-order valence-corrected chi connectivity index (χ1v) is 6.62. The first-order valence-electron chi connectivity index (χ1n) is 6.62. The van der Waals surface area contributed by atoms with Crippen LogP contribution in [0.5, 0.6) is 0 Å². The number of nitrogens with zero attached hydrogens (tertiary/aromatic N) is 2. The summed E-state index contributed by atoms with van der Waals surface area (Å²) >= 11 is 0. The Morgan fingerprint density at radius 2 is 2.10 bits per heavy atom. The standard InChI is InChI=1S/C14H13F3N2O2/c1-7(8-5-6-8)19-10-4-2-3-9(12(20)21)11(10)18-13(19)14(15,16)17/h2-4,7-8H,5-6H2,1H3,(H,20,21). The molecule has 0 radical (unpaired) electrons. The second-order valence-corrected chi connectivity index (χ2v) is 5.36. The van der Waals surface area contributed by atoms with Gasteiger partial charge in [-0.15, -0.1) is 0 Å². The van der Waals surface area contributed by atoms with E-state index in [1.807, 2.05) is 0 Å². The molecule has 1 atom stereocenters. The third-order valence-corrected chi connectivity index (χ3v) is 3.92. The quantitative estimate of drug-likeness (QED) is 0.939. The van der Waals surface area contributed by atoms with E-state index in [2.05, 4.69) is 4.98 Å². The lowest BCUT2D eigenvalue weighted by Gasteiger charge is -2.18. The maximum absolute atomic E-state index is 13.2. The monoisotopic (exact) mass is 298 g/mol. The van der Waals surface area contributed by atoms with Crippen molar-refractivity contribution in [3.05, 3.63) is 29.6 Å². The maximum atomic E-state index is 13.2. The number of fused-ring (bicyclic) bond motifs is 1. The number of hydrogen-bond donors (Lipinski definition) is 1. The molecule has 0 amide bonds. The molecule has 1 aliphatic carbocycles. The fourth-order valence-electron chi connectivity index (χ4n) is 2.69. The van der Waals surface area contributed by atoms with Gasteiger partial charge in [-0.05, 0) is 37.8 Å². The topological polar surface area (TPSA) is 55.1 Å². The van der Waals surface area contributed by atoms with Crippen LogP contribution in [0.15, 0.2) is 18.2 Å². The van der Waals surface area contributed by atoms with Crippen molar-refractivity contribution in [3.63, 3.8) is 0 Å². The molecule has 1 heterocycles. The predicted octanol–water partition coefficient (Wildman–Crippen LogP) is 3.72. The number of aromatic carboxylic acids is 1. The van der Waals surface area contributed by atoms with Crippen LogP contribution in [0.1, 0.15) is 42.0 Å². The van der Waals surface area contributed by atoms with Crippen molar-refractivity contribution < 1.29 is 23.1 Å². The summed E-state index contributed by atoms with van der Waals surface area (Å²) in [6.07, 6.45) is -2.84. The second-order valence-electron chi connectivity index (χ2n) is 5.36. The molecular weight excluding hydrogens is 285 g/mol. The Balaban J connectivity index is 2.31. The van der Waals surface area contributed by atoms with Gasteiger partial charge in [-0.25, -0.2) is 9.78 Å². The number of halogens is 3. The minimum absolute atomic E-state index is 0.107. The average molecular weight is 298 g/mol. The van der Waals surface area contributed by atoms with Gasteiger partial charge in [-0.2, -0.15) is 13.2 Å². The van der Waals surface area contributed by atoms with Crippen molar-refractivity contribution in [3.8, 4) is 0 Å². The first kappa shape index (κ1) is 13.9. The van der Waals surface area contributed by atoms with E-state index in [0.29, 0.717) is 0 Å². The Kier molecular flexibility index (Phi) is 2.96. The summed E-state index contributed by atoms with van der Waals surface area (Å²) < 4.78 is 40.8. The van der Waals surface area contributed by atoms with Gasteiger partial charge < -0.3 is 9.67 Å². The van der Waals surface area contributed by atoms with Gasteiger partial charge in [0.05, 0.1) is 11.1 Å². The number of aromatic nitrogens is 2. The molecule has 112 valence electrons. The molecule has 0 spiro atoms. The number of carboxylic acids is 1. The summed E-state index contributed by atoms with van der Waals surface area (Å²) in [6, 6.07) is 3.85. The number of para-hydroxylation sites is 1. The number of carboxylic acid groups (broad SMARTS) is 1. The molecule has 1 N–H and O–H groups in total. The number of imidazole rings is 1. The normalized spacial score (nSPS) is 17.1. The zero-order chi connectivity index (χ0) is 15.4. The van der Waals surface area contributed by atoms with Crippen LogP contribution in [0.2, 0.25) is 0 Å². The Labute approximate surface area is 118 Å². The Bertz CT molecular complexity index is 717. The molecule has 1 unspecified atom stereocenters. The van der Waals surface area contributed by atoms with Crippen LogP contribution < -0.4 is 0 Å². The van der Waals surface area contributed by atoms with E-state index in [1.165, 1.54) is 18.2 Å². The molecule has 1 aliphatic rings. The van der Waals surface area contributed by atoms with Gasteiger partial charge in [0.1, 0.15) is 5.52 Å². The van der Waals surface area contributed by atoms with E-state index in [1.54, 1.807) is 6.92 Å². The number of alkyl halides is 3. The number of hydrogen-bond acceptors (Lipinski definition) is 2. The predicted molar refractivity (Wildman–Crippen MR) is 69.1 cm³/mol. The van der Waals surface area contributed by atoms with Crippen molar-refractivity contribution in [1.82, 2.24) is 9.55 Å². The highest BCUT2D eigenvalue weighted by Gasteiger charge is 2.41. The molecule has 1 aromatic heterocycles. The Morgan fingerprint density at radius 1 is 1.43 bits per heavy atom. The van der Waals surface area contributed by atoms with Crippen LogP contribution in [-0.4, -0.2) is 20.6 Å². The van der Waals surface area contributed by atoms with Crippen LogP contribution in [0.3, 0.4) is 0 Å². The SMILES string of the molecule is CC(C1CC1)n1c(C(F)(F)F)nc2c(C(=O)O)cccc21. The molecule has 1 aromatic carbocycles. The molecular formula is C14H13F3N2O2. The largest absolute Gasteiger partial charge is 0.478 e. The number of benzene rings is 1. The van der Waals surface area contributed by atoms with Gasteiger partial charge in [-0.3, -0.25) is 0 Å². The molecule has 0 aliphatic heterocycles. The van der Waals surface area contributed by atoms with Crippen molar-refractivity contribution in [2.75, 3.05) is 0 Å². The third kappa shape index (κ3) is 2.26. The number of carbonyl (C=O) groups is 1. The van der Waals surface area contributed by atoms with E-state index >= 15 is 0 Å². The molecule has 4 nitrogen and oxygen atoms in total. The minimum Gasteiger partial charge on any atom is -0.478 e. The molecule has 7 heteroatoms. The Hall–Kier alpha value is -2.05. The van der Waals surface area contributed by atoms with Gasteiger partial charge in [0, 0.05) is 6.04 Å². The van der Waals surface area contributed by atoms with Crippen molar-refractivity contribution in [2.45, 2.75) is 32.0 Å². The van der Waals surface area contributed by atoms with Crippen LogP contribution in [0.25, 0.3) is 11.0 Å². The average Bonchev–Trinajstić information content (AvgIpc) is 3.15. The molecule has 1 fully saturated rings. The smallest absolute Gasteiger partial charge is 0.449 e. The van der Waals surface area contributed by atoms with Crippen LogP contribution in [0.4, 0.5) is 13.2 Å². The van der Waals surface area contributed by atoms with Crippen LogP contribution >= 0.6 is 0 Å². The summed E-state index contributed by atoms with van der Waals surface area (Å²) in [6.45, 7) is 1.72. The zero-order valence-electron chi connectivity index (χ0n) is 11.2. The summed E-state index contributed by atoms with van der Waals surface area (Å²) in [5.41, 5.74) is -0.0915. The summed E-state index contributed by atoms with van der Waals surface area (Å²) in [7, 11) is 0. The van der Waals surface area contributed by atoms with Gasteiger partial charge in [0.25, 0.3) is 0 Å². The van der Waals surface area contributed by atoms with Gasteiger partial charge in [0.15, 0.2) is 0 Å². The van der Waals surface area contributed by atoms with Crippen molar-refractivity contribution in [1.29, 1.82) is 0 Å². The van der Waals surface area contributed by atoms with E-state index in [0.717, 1.165) is 17.4 Å². The molecule has 0 bridgehead atoms. The Morgan fingerprint density at radius 3 is 2.62 bits per heavy atom. The zero-order valence-corrected chi connectivity index (χ0v) is 11.2. The third-order valence-electron chi connectivity index (χ3n) is 3.92. The van der Waals surface area contributed by atoms with Gasteiger partial charge >= 0.3 is 12.1 Å². The van der Waals surface area contributed by atoms with E-state index in [9.17, 15) is 18.0 Å². The second kappa shape index (κ2) is 4.47. The lowest BCUT2D eigenvalue weighted by molar-refractivity contribution is -0.147. The highest BCUT2D eigenvalue weighted by molar-refractivity contribution is 6.01. The van der Waals surface area contributed by atoms with Gasteiger partial charge in [0.2, 0.25) is 5.82 Å². The first-order chi connectivity index (χ1) is 9.80. The van der Waals surface area contributed by atoms with E-state index in [4.69, 9.17) is 5.11 Å². The molecule has 3 rings (SSSR count). The highest BCUT2D eigenvalue weighted by Crippen LogP contribution is 2.44. The van der Waals surface area contributed by atoms with E-state index in [-0.39, 0.29) is 28.6 Å². The van der Waals surface area contributed by atoms with Crippen LogP contribution in [-0.2, 0) is 6.18 Å². The lowest BCUT2D eigenvalue weighted by Crippen LogP contribution is -2.18. The molecule has 0 saturated heterocycles. The fourth-order valence-corrected chi connectivity index (χ4v) is 2.69.